The molecule has 0 aromatic heterocycles. The van der Waals surface area contributed by atoms with Gasteiger partial charge in [0, 0.05) is 32.8 Å². The number of rotatable bonds is 8. The van der Waals surface area contributed by atoms with Crippen molar-refractivity contribution < 1.29 is 92.5 Å². The van der Waals surface area contributed by atoms with Crippen molar-refractivity contribution in [3.63, 3.8) is 0 Å². The smallest absolute Gasteiger partial charge is 0.257 e. The number of halogens is 20. The fourth-order valence-electron chi connectivity index (χ4n) is 9.97. The van der Waals surface area contributed by atoms with Gasteiger partial charge < -0.3 is 4.74 Å². The van der Waals surface area contributed by atoms with Crippen LogP contribution in [0.1, 0.15) is 0 Å². The Morgan fingerprint density at radius 2 is 0.582 bits per heavy atom. The lowest BCUT2D eigenvalue weighted by Crippen LogP contribution is -2.58. The summed E-state index contributed by atoms with van der Waals surface area (Å²) in [6, 6.07) is 25.0. The molecule has 0 N–H and O–H groups in total. The lowest BCUT2D eigenvalue weighted by molar-refractivity contribution is 0.382. The van der Waals surface area contributed by atoms with Crippen LogP contribution in [0.25, 0.3) is 54.9 Å². The second kappa shape index (κ2) is 19.0. The summed E-state index contributed by atoms with van der Waals surface area (Å²) in [5.41, 5.74) is -6.56. The Balaban J connectivity index is 0.959. The highest BCUT2D eigenvalue weighted by Crippen LogP contribution is 2.50. The number of ether oxygens (including phenoxy) is 1. The third kappa shape index (κ3) is 7.89. The van der Waals surface area contributed by atoms with E-state index in [1.165, 1.54) is 30.3 Å². The van der Waals surface area contributed by atoms with Gasteiger partial charge in [-0.05, 0) is 74.3 Å². The van der Waals surface area contributed by atoms with Crippen LogP contribution in [0.5, 0.6) is 11.5 Å². The summed E-state index contributed by atoms with van der Waals surface area (Å²) in [6.07, 6.45) is 0. The summed E-state index contributed by atoms with van der Waals surface area (Å²) < 4.78 is 302. The molecule has 394 valence electrons. The number of hydrogen-bond donors (Lipinski definition) is 0. The summed E-state index contributed by atoms with van der Waals surface area (Å²) in [7, 11) is 0. The van der Waals surface area contributed by atoms with E-state index in [9.17, 15) is 52.7 Å². The molecule has 0 bridgehead atoms. The highest BCUT2D eigenvalue weighted by Gasteiger charge is 2.43. The molecule has 0 amide bonds. The van der Waals surface area contributed by atoms with E-state index in [0.717, 1.165) is 24.3 Å². The minimum Gasteiger partial charge on any atom is -0.456 e. The molecule has 1 heterocycles. The van der Waals surface area contributed by atoms with Crippen LogP contribution in [0, 0.1) is 116 Å². The Labute approximate surface area is 429 Å². The summed E-state index contributed by atoms with van der Waals surface area (Å²) >= 11 is 0. The molecule has 1 nitrogen and oxygen atoms in total. The topological polar surface area (TPSA) is 9.23 Å². The van der Waals surface area contributed by atoms with E-state index in [4.69, 9.17) is 4.74 Å². The molecule has 1 aliphatic rings. The zero-order valence-electron chi connectivity index (χ0n) is 38.5. The normalized spacial score (nSPS) is 11.9. The zero-order valence-corrected chi connectivity index (χ0v) is 38.5. The predicted molar refractivity (Wildman–Crippen MR) is 252 cm³/mol. The second-order valence-electron chi connectivity index (χ2n) is 17.9. The van der Waals surface area contributed by atoms with Gasteiger partial charge in [-0.2, -0.15) is 0 Å². The molecule has 10 aromatic carbocycles. The van der Waals surface area contributed by atoms with Crippen LogP contribution in [0.15, 0.2) is 109 Å². The van der Waals surface area contributed by atoms with Gasteiger partial charge in [-0.25, -0.2) is 87.8 Å². The standard InChI is InChI=1S/C56H18B2F20O/c59-37-33(38(60)46(68)53(75)45(37)67)57(34-39(61)47(69)54(76)48(70)40(34)62)24-11-6-19(7-12-24)21-4-5-23-17-29-26-15-10-22(18-31(26)79-30-3-1-2-27(32(29)30)28(23)16-21)20-8-13-25(14-9-20)58(35-41(63)49(71)55(77)50(72)42(35)64)36-43(65)51(73)56(78)52(74)44(36)66/h1-18H. The molecule has 79 heavy (non-hydrogen) atoms. The molecule has 23 heteroatoms. The van der Waals surface area contributed by atoms with E-state index in [1.54, 1.807) is 54.6 Å². The Hall–Kier alpha value is -8.75. The van der Waals surface area contributed by atoms with Gasteiger partial charge in [0.05, 0.1) is 0 Å². The van der Waals surface area contributed by atoms with Gasteiger partial charge in [-0.1, -0.05) is 89.8 Å². The largest absolute Gasteiger partial charge is 0.456 e. The average molecular weight is 1110 g/mol. The van der Waals surface area contributed by atoms with Crippen LogP contribution >= 0.6 is 0 Å². The molecular formula is C56H18B2F20O. The minimum absolute atomic E-state index is 0.234. The van der Waals surface area contributed by atoms with E-state index in [1.807, 2.05) is 0 Å². The van der Waals surface area contributed by atoms with E-state index < -0.39 is 163 Å². The number of hydrogen-bond acceptors (Lipinski definition) is 1. The molecule has 0 spiro atoms. The molecule has 11 rings (SSSR count). The van der Waals surface area contributed by atoms with Gasteiger partial charge in [0.15, 0.2) is 116 Å². The van der Waals surface area contributed by atoms with E-state index in [-0.39, 0.29) is 16.9 Å². The Kier molecular flexibility index (Phi) is 12.6. The van der Waals surface area contributed by atoms with Crippen LogP contribution in [-0.2, 0) is 0 Å². The first-order valence-electron chi connectivity index (χ1n) is 22.6. The van der Waals surface area contributed by atoms with Gasteiger partial charge in [0.2, 0.25) is 0 Å². The van der Waals surface area contributed by atoms with E-state index in [0.29, 0.717) is 49.5 Å². The van der Waals surface area contributed by atoms with Gasteiger partial charge in [0.1, 0.15) is 11.5 Å². The van der Waals surface area contributed by atoms with Crippen molar-refractivity contribution in [1.82, 2.24) is 0 Å². The van der Waals surface area contributed by atoms with Crippen molar-refractivity contribution in [3.8, 4) is 44.9 Å². The van der Waals surface area contributed by atoms with Crippen LogP contribution in [0.4, 0.5) is 87.8 Å². The number of benzene rings is 10. The van der Waals surface area contributed by atoms with Crippen molar-refractivity contribution in [1.29, 1.82) is 0 Å². The maximum atomic E-state index is 15.3. The summed E-state index contributed by atoms with van der Waals surface area (Å²) in [6.45, 7) is -5.58. The predicted octanol–water partition coefficient (Wildman–Crippen LogP) is 12.9. The molecule has 0 fully saturated rings. The first-order valence-corrected chi connectivity index (χ1v) is 22.6. The van der Waals surface area contributed by atoms with E-state index in [2.05, 4.69) is 0 Å². The first kappa shape index (κ1) is 52.3. The van der Waals surface area contributed by atoms with Gasteiger partial charge in [0.25, 0.3) is 13.4 Å². The molecule has 0 saturated carbocycles. The van der Waals surface area contributed by atoms with Gasteiger partial charge in [-0.15, -0.1) is 0 Å². The maximum absolute atomic E-state index is 15.3. The number of fused-ring (bicyclic) bond motifs is 4. The summed E-state index contributed by atoms with van der Waals surface area (Å²) in [5.74, 6) is -51.3. The molecular weight excluding hydrogens is 1090 g/mol. The SMILES string of the molecule is Fc1c(F)c(F)c(B(c2ccc(-c3ccc4c(c3)Oc3cccc5c3c-4cc3ccc(-c4ccc(B(c6c(F)c(F)c(F)c(F)c6F)c6c(F)c(F)c(F)c(F)c6F)cc4)cc35)cc2)c2c(F)c(F)c(F)c(F)c2F)c(F)c1F. The summed E-state index contributed by atoms with van der Waals surface area (Å²) in [4.78, 5) is 0. The van der Waals surface area contributed by atoms with Crippen LogP contribution in [-0.4, -0.2) is 13.4 Å². The van der Waals surface area contributed by atoms with Crippen LogP contribution in [0.3, 0.4) is 0 Å². The molecule has 10 aromatic rings. The molecule has 0 saturated heterocycles. The third-order valence-electron chi connectivity index (χ3n) is 13.7. The Bertz CT molecular complexity index is 4050. The third-order valence-corrected chi connectivity index (χ3v) is 13.7. The van der Waals surface area contributed by atoms with Gasteiger partial charge in [-0.3, -0.25) is 0 Å². The molecule has 0 radical (unpaired) electrons. The zero-order chi connectivity index (χ0) is 56.5. The molecule has 0 aliphatic carbocycles. The van der Waals surface area contributed by atoms with Crippen molar-refractivity contribution in [2.75, 3.05) is 0 Å². The lowest BCUT2D eigenvalue weighted by Gasteiger charge is -2.23. The monoisotopic (exact) mass is 1110 g/mol. The Morgan fingerprint density at radius 3 is 0.962 bits per heavy atom. The minimum atomic E-state index is -2.79. The quantitative estimate of drug-likeness (QED) is 0.0484. The first-order chi connectivity index (χ1) is 37.5. The van der Waals surface area contributed by atoms with Gasteiger partial charge >= 0.3 is 0 Å². The van der Waals surface area contributed by atoms with Crippen molar-refractivity contribution >= 4 is 67.7 Å². The van der Waals surface area contributed by atoms with Crippen LogP contribution < -0.4 is 37.5 Å². The second-order valence-corrected chi connectivity index (χ2v) is 17.9. The molecule has 0 unspecified atom stereocenters. The fraction of sp³-hybridized carbons (Fsp3) is 0. The fourth-order valence-corrected chi connectivity index (χ4v) is 9.97. The van der Waals surface area contributed by atoms with Crippen molar-refractivity contribution in [2.24, 2.45) is 0 Å². The van der Waals surface area contributed by atoms with E-state index >= 15 is 35.1 Å². The van der Waals surface area contributed by atoms with Crippen molar-refractivity contribution in [3.05, 3.63) is 226 Å². The van der Waals surface area contributed by atoms with Crippen molar-refractivity contribution in [2.45, 2.75) is 0 Å². The highest BCUT2D eigenvalue weighted by molar-refractivity contribution is 6.96. The summed E-state index contributed by atoms with van der Waals surface area (Å²) in [5, 5.41) is 2.38. The molecule has 0 atom stereocenters. The lowest BCUT2D eigenvalue weighted by atomic mass is 9.36. The molecule has 1 aliphatic heterocycles. The maximum Gasteiger partial charge on any atom is 0.257 e. The highest BCUT2D eigenvalue weighted by atomic mass is 19.2. The Morgan fingerprint density at radius 1 is 0.253 bits per heavy atom. The van der Waals surface area contributed by atoms with Crippen LogP contribution in [0.2, 0.25) is 0 Å². The average Bonchev–Trinajstić information content (AvgIpc) is 3.48.